The molecule has 1 atom stereocenters. The summed E-state index contributed by atoms with van der Waals surface area (Å²) in [4.78, 5) is 50.1. The normalized spacial score (nSPS) is 16.4. The Labute approximate surface area is 163 Å². The Hall–Kier alpha value is -3.28. The van der Waals surface area contributed by atoms with E-state index in [0.717, 1.165) is 16.7 Å². The zero-order valence-corrected chi connectivity index (χ0v) is 15.9. The highest BCUT2D eigenvalue weighted by molar-refractivity contribution is 8.00. The van der Waals surface area contributed by atoms with Gasteiger partial charge in [0.15, 0.2) is 0 Å². The number of methoxy groups -OCH3 is 2. The average Bonchev–Trinajstić information content (AvgIpc) is 3.22. The van der Waals surface area contributed by atoms with Crippen molar-refractivity contribution in [2.75, 3.05) is 19.1 Å². The summed E-state index contributed by atoms with van der Waals surface area (Å²) in [5, 5.41) is 10.6. The number of ether oxygens (including phenoxy) is 2. The number of anilines is 1. The first-order valence-electron chi connectivity index (χ1n) is 7.93. The Morgan fingerprint density at radius 2 is 1.71 bits per heavy atom. The van der Waals surface area contributed by atoms with Crippen molar-refractivity contribution in [3.8, 4) is 0 Å². The van der Waals surface area contributed by atoms with Gasteiger partial charge >= 0.3 is 11.9 Å². The summed E-state index contributed by atoms with van der Waals surface area (Å²) in [6.45, 7) is 0. The lowest BCUT2D eigenvalue weighted by atomic mass is 10.1. The van der Waals surface area contributed by atoms with E-state index in [4.69, 9.17) is 0 Å². The fourth-order valence-electron chi connectivity index (χ4n) is 2.63. The second-order valence-electron chi connectivity index (χ2n) is 5.71. The van der Waals surface area contributed by atoms with E-state index in [-0.39, 0.29) is 23.2 Å². The van der Waals surface area contributed by atoms with Crippen molar-refractivity contribution in [2.45, 2.75) is 16.8 Å². The number of thioether (sulfide) groups is 1. The zero-order valence-electron chi connectivity index (χ0n) is 15.1. The number of rotatable bonds is 5. The van der Waals surface area contributed by atoms with Crippen molar-refractivity contribution in [1.82, 2.24) is 20.2 Å². The second-order valence-corrected chi connectivity index (χ2v) is 6.88. The molecule has 11 nitrogen and oxygen atoms in total. The van der Waals surface area contributed by atoms with Crippen LogP contribution in [0.5, 0.6) is 0 Å². The molecule has 0 aliphatic carbocycles. The number of aryl methyl sites for hydroxylation is 1. The van der Waals surface area contributed by atoms with Crippen molar-refractivity contribution >= 4 is 41.2 Å². The molecule has 0 N–H and O–H groups in total. The smallest absolute Gasteiger partial charge is 0.337 e. The third kappa shape index (κ3) is 3.58. The number of imide groups is 1. The predicted molar refractivity (Wildman–Crippen MR) is 94.7 cm³/mol. The average molecular weight is 405 g/mol. The highest BCUT2D eigenvalue weighted by atomic mass is 32.2. The van der Waals surface area contributed by atoms with Crippen molar-refractivity contribution in [3.63, 3.8) is 0 Å². The highest BCUT2D eigenvalue weighted by Gasteiger charge is 2.41. The fraction of sp³-hybridized carbons (Fsp3) is 0.312. The molecule has 0 unspecified atom stereocenters. The van der Waals surface area contributed by atoms with Crippen LogP contribution in [0, 0.1) is 0 Å². The maximum Gasteiger partial charge on any atom is 0.337 e. The lowest BCUT2D eigenvalue weighted by Crippen LogP contribution is -2.31. The molecule has 0 radical (unpaired) electrons. The largest absolute Gasteiger partial charge is 0.465 e. The number of amides is 2. The SMILES string of the molecule is COC(=O)c1cc(C(=O)OC)cc(N2C(=O)C[C@H](Sc3nnnn3C)C2=O)c1. The Morgan fingerprint density at radius 1 is 1.11 bits per heavy atom. The number of tetrazole rings is 1. The van der Waals surface area contributed by atoms with Crippen molar-refractivity contribution in [1.29, 1.82) is 0 Å². The van der Waals surface area contributed by atoms with Crippen molar-refractivity contribution in [3.05, 3.63) is 29.3 Å². The molecule has 2 heterocycles. The number of hydrogen-bond acceptors (Lipinski definition) is 10. The van der Waals surface area contributed by atoms with Crippen LogP contribution in [0.2, 0.25) is 0 Å². The van der Waals surface area contributed by atoms with Gasteiger partial charge in [0.25, 0.3) is 0 Å². The number of carbonyl (C=O) groups is 4. The van der Waals surface area contributed by atoms with Crippen molar-refractivity contribution in [2.24, 2.45) is 7.05 Å². The Bertz CT molecular complexity index is 940. The van der Waals surface area contributed by atoms with Crippen LogP contribution in [-0.4, -0.2) is 63.4 Å². The molecule has 0 spiro atoms. The molecule has 1 aromatic heterocycles. The number of esters is 2. The minimum atomic E-state index is -0.736. The topological polar surface area (TPSA) is 134 Å². The first-order valence-corrected chi connectivity index (χ1v) is 8.81. The number of nitrogens with zero attached hydrogens (tertiary/aromatic N) is 5. The van der Waals surface area contributed by atoms with E-state index >= 15 is 0 Å². The summed E-state index contributed by atoms with van der Waals surface area (Å²) in [6, 6.07) is 3.89. The van der Waals surface area contributed by atoms with Gasteiger partial charge in [-0.15, -0.1) is 5.10 Å². The molecule has 1 aliphatic rings. The molecule has 2 amide bonds. The van der Waals surface area contributed by atoms with Gasteiger partial charge in [-0.05, 0) is 28.6 Å². The Kier molecular flexibility index (Phi) is 5.40. The minimum absolute atomic E-state index is 0.00889. The van der Waals surface area contributed by atoms with E-state index < -0.39 is 29.0 Å². The molecule has 3 rings (SSSR count). The standard InChI is InChI=1S/C16H15N5O6S/c1-20-16(17-18-19-20)28-11-7-12(22)21(13(11)23)10-5-8(14(24)26-2)4-9(6-10)15(25)27-3/h4-6,11H,7H2,1-3H3/t11-/m0/s1. The molecular formula is C16H15N5O6S. The number of hydrogen-bond donors (Lipinski definition) is 0. The van der Waals surface area contributed by atoms with Gasteiger partial charge in [0, 0.05) is 13.5 Å². The van der Waals surface area contributed by atoms with Crippen LogP contribution in [0.3, 0.4) is 0 Å². The van der Waals surface area contributed by atoms with E-state index in [2.05, 4.69) is 25.0 Å². The molecule has 0 bridgehead atoms. The molecule has 1 saturated heterocycles. The monoisotopic (exact) mass is 405 g/mol. The molecule has 1 aromatic carbocycles. The van der Waals surface area contributed by atoms with Crippen LogP contribution in [0.1, 0.15) is 27.1 Å². The maximum absolute atomic E-state index is 12.8. The van der Waals surface area contributed by atoms with E-state index in [9.17, 15) is 19.2 Å². The number of aromatic nitrogens is 4. The Morgan fingerprint density at radius 3 is 2.21 bits per heavy atom. The minimum Gasteiger partial charge on any atom is -0.465 e. The van der Waals surface area contributed by atoms with E-state index in [0.29, 0.717) is 5.16 Å². The van der Waals surface area contributed by atoms with Crippen LogP contribution in [-0.2, 0) is 26.1 Å². The van der Waals surface area contributed by atoms with Gasteiger partial charge in [-0.2, -0.15) is 0 Å². The molecule has 1 aliphatic heterocycles. The maximum atomic E-state index is 12.8. The van der Waals surface area contributed by atoms with Gasteiger partial charge in [0.1, 0.15) is 5.25 Å². The van der Waals surface area contributed by atoms with Gasteiger partial charge < -0.3 is 9.47 Å². The third-order valence-corrected chi connectivity index (χ3v) is 5.16. The molecule has 146 valence electrons. The molecule has 28 heavy (non-hydrogen) atoms. The second kappa shape index (κ2) is 7.76. The van der Waals surface area contributed by atoms with Gasteiger partial charge in [0.05, 0.1) is 31.0 Å². The lowest BCUT2D eigenvalue weighted by Gasteiger charge is -2.16. The van der Waals surface area contributed by atoms with E-state index in [1.165, 1.54) is 37.1 Å². The Balaban J connectivity index is 1.96. The molecule has 2 aromatic rings. The molecule has 1 fully saturated rings. The third-order valence-electron chi connectivity index (χ3n) is 3.95. The summed E-state index contributed by atoms with van der Waals surface area (Å²) < 4.78 is 10.7. The first-order chi connectivity index (χ1) is 13.3. The van der Waals surface area contributed by atoms with Gasteiger partial charge in [-0.1, -0.05) is 11.8 Å². The van der Waals surface area contributed by atoms with Crippen LogP contribution >= 0.6 is 11.8 Å². The summed E-state index contributed by atoms with van der Waals surface area (Å²) in [7, 11) is 3.98. The number of carbonyl (C=O) groups excluding carboxylic acids is 4. The first kappa shape index (κ1) is 19.5. The lowest BCUT2D eigenvalue weighted by molar-refractivity contribution is -0.121. The fourth-order valence-corrected chi connectivity index (χ4v) is 3.59. The highest BCUT2D eigenvalue weighted by Crippen LogP contribution is 2.33. The number of benzene rings is 1. The summed E-state index contributed by atoms with van der Waals surface area (Å²) in [5.74, 6) is -2.42. The van der Waals surface area contributed by atoms with E-state index in [1.807, 2.05) is 0 Å². The van der Waals surface area contributed by atoms with Gasteiger partial charge in [-0.3, -0.25) is 9.59 Å². The van der Waals surface area contributed by atoms with Gasteiger partial charge in [0.2, 0.25) is 17.0 Å². The van der Waals surface area contributed by atoms with Crippen LogP contribution < -0.4 is 4.90 Å². The van der Waals surface area contributed by atoms with Crippen LogP contribution in [0.4, 0.5) is 5.69 Å². The molecular weight excluding hydrogens is 390 g/mol. The van der Waals surface area contributed by atoms with Crippen molar-refractivity contribution < 1.29 is 28.7 Å². The molecule has 12 heteroatoms. The summed E-state index contributed by atoms with van der Waals surface area (Å²) in [6.07, 6.45) is -0.0770. The summed E-state index contributed by atoms with van der Waals surface area (Å²) in [5.41, 5.74) is 0.0988. The van der Waals surface area contributed by atoms with Crippen LogP contribution in [0.15, 0.2) is 23.4 Å². The molecule has 0 saturated carbocycles. The van der Waals surface area contributed by atoms with E-state index in [1.54, 1.807) is 7.05 Å². The quantitative estimate of drug-likeness (QED) is 0.502. The predicted octanol–water partition coefficient (Wildman–Crippen LogP) is 0.207. The summed E-state index contributed by atoms with van der Waals surface area (Å²) >= 11 is 1.06. The van der Waals surface area contributed by atoms with Crippen LogP contribution in [0.25, 0.3) is 0 Å². The van der Waals surface area contributed by atoms with Gasteiger partial charge in [-0.25, -0.2) is 19.2 Å². The zero-order chi connectivity index (χ0) is 20.4.